The molecule has 3 heterocycles. The predicted molar refractivity (Wildman–Crippen MR) is 171 cm³/mol. The number of fused-ring (bicyclic) bond motifs is 1. The zero-order valence-corrected chi connectivity index (χ0v) is 26.1. The van der Waals surface area contributed by atoms with E-state index in [4.69, 9.17) is 11.6 Å². The van der Waals surface area contributed by atoms with Crippen LogP contribution in [-0.4, -0.2) is 44.5 Å². The number of likely N-dealkylation sites (tertiary alicyclic amines) is 1. The Balaban J connectivity index is 1.40. The molecule has 5 aromatic rings. The van der Waals surface area contributed by atoms with Crippen molar-refractivity contribution in [2.24, 2.45) is 0 Å². The molecule has 8 nitrogen and oxygen atoms in total. The SMILES string of the molecule is CCN1CCC(n2cc(C(Nc3cc(Br)cc4c(Nc5ccc(F)c(Cl)c5)c(C#N)cnc34)c3ccc(F)cc3)nn2)CC1. The number of halogens is 4. The summed E-state index contributed by atoms with van der Waals surface area (Å²) in [5, 5.41) is 26.4. The van der Waals surface area contributed by atoms with Gasteiger partial charge in [-0.15, -0.1) is 5.10 Å². The van der Waals surface area contributed by atoms with Crippen LogP contribution in [0, 0.1) is 23.0 Å². The topological polar surface area (TPSA) is 94.7 Å². The molecule has 1 aliphatic rings. The van der Waals surface area contributed by atoms with E-state index >= 15 is 0 Å². The number of pyridine rings is 1. The van der Waals surface area contributed by atoms with Crippen LogP contribution in [0.4, 0.5) is 25.8 Å². The summed E-state index contributed by atoms with van der Waals surface area (Å²) in [6, 6.07) is 16.2. The summed E-state index contributed by atoms with van der Waals surface area (Å²) in [5.41, 5.74) is 4.01. The predicted octanol–water partition coefficient (Wildman–Crippen LogP) is 7.99. The van der Waals surface area contributed by atoms with Gasteiger partial charge in [-0.25, -0.2) is 13.5 Å². The van der Waals surface area contributed by atoms with Gasteiger partial charge in [-0.1, -0.05) is 51.8 Å². The fourth-order valence-electron chi connectivity index (χ4n) is 5.56. The van der Waals surface area contributed by atoms with Gasteiger partial charge in [0.05, 0.1) is 45.8 Å². The molecule has 2 aromatic heterocycles. The maximum absolute atomic E-state index is 14.0. The number of nitrogens with one attached hydrogen (secondary N) is 2. The third-order valence-electron chi connectivity index (χ3n) is 7.95. The van der Waals surface area contributed by atoms with Crippen molar-refractivity contribution in [3.8, 4) is 6.07 Å². The lowest BCUT2D eigenvalue weighted by Gasteiger charge is -2.30. The molecule has 0 bridgehead atoms. The number of aromatic nitrogens is 4. The van der Waals surface area contributed by atoms with E-state index in [1.165, 1.54) is 30.5 Å². The number of piperidine rings is 1. The third kappa shape index (κ3) is 6.24. The summed E-state index contributed by atoms with van der Waals surface area (Å²) in [7, 11) is 0. The number of hydrogen-bond donors (Lipinski definition) is 2. The van der Waals surface area contributed by atoms with Crippen LogP contribution in [0.25, 0.3) is 10.9 Å². The van der Waals surface area contributed by atoms with E-state index < -0.39 is 11.9 Å². The first-order valence-electron chi connectivity index (χ1n) is 14.2. The number of hydrogen-bond acceptors (Lipinski definition) is 7. The standard InChI is InChI=1S/C32H28BrClF2N8/c1-2-43-11-9-24(10-12-43)44-18-29(41-42-44)31(19-3-5-22(35)6-4-19)40-28-14-21(33)13-25-30(20(16-37)17-38-32(25)28)39-23-7-8-27(36)26(34)15-23/h3-8,13-15,17-18,24,31,40H,2,9-12H2,1H3,(H,38,39). The molecule has 3 aromatic carbocycles. The van der Waals surface area contributed by atoms with Crippen LogP contribution in [0.3, 0.4) is 0 Å². The molecule has 1 aliphatic heterocycles. The smallest absolute Gasteiger partial charge is 0.141 e. The molecule has 0 aliphatic carbocycles. The molecule has 0 amide bonds. The van der Waals surface area contributed by atoms with Crippen molar-refractivity contribution >= 4 is 55.5 Å². The van der Waals surface area contributed by atoms with E-state index in [1.54, 1.807) is 18.2 Å². The van der Waals surface area contributed by atoms with E-state index in [1.807, 2.05) is 23.0 Å². The first kappa shape index (κ1) is 29.9. The molecule has 44 heavy (non-hydrogen) atoms. The number of rotatable bonds is 8. The first-order valence-corrected chi connectivity index (χ1v) is 15.4. The van der Waals surface area contributed by atoms with Crippen molar-refractivity contribution in [1.29, 1.82) is 5.26 Å². The average molecular weight is 678 g/mol. The fourth-order valence-corrected chi connectivity index (χ4v) is 6.19. The van der Waals surface area contributed by atoms with Crippen LogP contribution in [0.5, 0.6) is 0 Å². The number of benzene rings is 3. The van der Waals surface area contributed by atoms with E-state index in [9.17, 15) is 14.0 Å². The molecular weight excluding hydrogens is 650 g/mol. The lowest BCUT2D eigenvalue weighted by atomic mass is 10.0. The lowest BCUT2D eigenvalue weighted by molar-refractivity contribution is 0.186. The highest BCUT2D eigenvalue weighted by molar-refractivity contribution is 9.10. The van der Waals surface area contributed by atoms with E-state index in [2.05, 4.69) is 59.8 Å². The van der Waals surface area contributed by atoms with Crippen LogP contribution in [0.2, 0.25) is 5.02 Å². The number of anilines is 3. The molecule has 1 saturated heterocycles. The summed E-state index contributed by atoms with van der Waals surface area (Å²) in [5.74, 6) is -0.879. The maximum atomic E-state index is 14.0. The zero-order chi connectivity index (χ0) is 30.8. The molecule has 1 fully saturated rings. The normalized spacial score (nSPS) is 14.8. The van der Waals surface area contributed by atoms with Crippen LogP contribution >= 0.6 is 27.5 Å². The minimum atomic E-state index is -0.540. The molecule has 0 spiro atoms. The quantitative estimate of drug-likeness (QED) is 0.172. The van der Waals surface area contributed by atoms with Crippen molar-refractivity contribution in [3.63, 3.8) is 0 Å². The van der Waals surface area contributed by atoms with Crippen molar-refractivity contribution < 1.29 is 8.78 Å². The second-order valence-corrected chi connectivity index (χ2v) is 12.0. The highest BCUT2D eigenvalue weighted by atomic mass is 79.9. The molecule has 1 unspecified atom stereocenters. The van der Waals surface area contributed by atoms with Gasteiger partial charge in [0.15, 0.2) is 0 Å². The van der Waals surface area contributed by atoms with Gasteiger partial charge < -0.3 is 15.5 Å². The Hall–Kier alpha value is -4.11. The summed E-state index contributed by atoms with van der Waals surface area (Å²) in [4.78, 5) is 7.06. The Morgan fingerprint density at radius 1 is 1.11 bits per heavy atom. The lowest BCUT2D eigenvalue weighted by Crippen LogP contribution is -2.34. The van der Waals surface area contributed by atoms with E-state index in [-0.39, 0.29) is 16.9 Å². The highest BCUT2D eigenvalue weighted by Crippen LogP contribution is 2.38. The first-order chi connectivity index (χ1) is 21.3. The van der Waals surface area contributed by atoms with Crippen molar-refractivity contribution in [2.75, 3.05) is 30.3 Å². The Morgan fingerprint density at radius 2 is 1.89 bits per heavy atom. The van der Waals surface area contributed by atoms with Gasteiger partial charge >= 0.3 is 0 Å². The van der Waals surface area contributed by atoms with Gasteiger partial charge in [0, 0.05) is 34.8 Å². The second kappa shape index (κ2) is 12.9. The average Bonchev–Trinajstić information content (AvgIpc) is 3.52. The van der Waals surface area contributed by atoms with Crippen LogP contribution in [-0.2, 0) is 0 Å². The second-order valence-electron chi connectivity index (χ2n) is 10.7. The van der Waals surface area contributed by atoms with Crippen LogP contribution < -0.4 is 10.6 Å². The fraction of sp³-hybridized carbons (Fsp3) is 0.250. The van der Waals surface area contributed by atoms with Crippen LogP contribution in [0.15, 0.2) is 71.5 Å². The van der Waals surface area contributed by atoms with Gasteiger partial charge in [-0.05, 0) is 67.4 Å². The summed E-state index contributed by atoms with van der Waals surface area (Å²) in [6.07, 6.45) is 5.42. The molecule has 0 saturated carbocycles. The molecule has 12 heteroatoms. The minimum absolute atomic E-state index is 0.0403. The van der Waals surface area contributed by atoms with Crippen molar-refractivity contribution in [1.82, 2.24) is 24.9 Å². The van der Waals surface area contributed by atoms with Gasteiger partial charge in [0.1, 0.15) is 23.4 Å². The Morgan fingerprint density at radius 3 is 2.59 bits per heavy atom. The summed E-state index contributed by atoms with van der Waals surface area (Å²) < 4.78 is 30.5. The zero-order valence-electron chi connectivity index (χ0n) is 23.7. The monoisotopic (exact) mass is 676 g/mol. The molecule has 6 rings (SSSR count). The summed E-state index contributed by atoms with van der Waals surface area (Å²) >= 11 is 9.64. The maximum Gasteiger partial charge on any atom is 0.141 e. The molecule has 2 N–H and O–H groups in total. The Labute approximate surface area is 266 Å². The van der Waals surface area contributed by atoms with E-state index in [0.717, 1.165) is 42.5 Å². The number of nitrogens with zero attached hydrogens (tertiary/aromatic N) is 6. The third-order valence-corrected chi connectivity index (χ3v) is 8.70. The van der Waals surface area contributed by atoms with Crippen molar-refractivity contribution in [2.45, 2.75) is 31.8 Å². The summed E-state index contributed by atoms with van der Waals surface area (Å²) in [6.45, 7) is 5.23. The van der Waals surface area contributed by atoms with E-state index in [0.29, 0.717) is 39.2 Å². The molecular formula is C32H28BrClF2N8. The molecule has 0 radical (unpaired) electrons. The van der Waals surface area contributed by atoms with Crippen LogP contribution in [0.1, 0.15) is 48.7 Å². The molecule has 1 atom stereocenters. The van der Waals surface area contributed by atoms with Gasteiger partial charge in [-0.3, -0.25) is 4.98 Å². The highest BCUT2D eigenvalue weighted by Gasteiger charge is 2.25. The number of nitriles is 1. The Bertz CT molecular complexity index is 1850. The van der Waals surface area contributed by atoms with Crippen molar-refractivity contribution in [3.05, 3.63) is 105 Å². The van der Waals surface area contributed by atoms with Gasteiger partial charge in [-0.2, -0.15) is 5.26 Å². The van der Waals surface area contributed by atoms with Gasteiger partial charge in [0.25, 0.3) is 0 Å². The molecule has 224 valence electrons. The van der Waals surface area contributed by atoms with Gasteiger partial charge in [0.2, 0.25) is 0 Å². The Kier molecular flexibility index (Phi) is 8.75. The minimum Gasteiger partial charge on any atom is -0.371 e. The largest absolute Gasteiger partial charge is 0.371 e.